The van der Waals surface area contributed by atoms with E-state index < -0.39 is 0 Å². The number of hydrogen-bond acceptors (Lipinski definition) is 3. The second kappa shape index (κ2) is 11.3. The summed E-state index contributed by atoms with van der Waals surface area (Å²) in [4.78, 5) is 0. The van der Waals surface area contributed by atoms with Crippen LogP contribution >= 0.6 is 15.9 Å². The summed E-state index contributed by atoms with van der Waals surface area (Å²) in [5, 5.41) is 3.29. The molecule has 114 valence electrons. The van der Waals surface area contributed by atoms with Crippen LogP contribution in [0.4, 0.5) is 0 Å². The van der Waals surface area contributed by atoms with Gasteiger partial charge in [0.25, 0.3) is 0 Å². The zero-order valence-corrected chi connectivity index (χ0v) is 14.1. The zero-order valence-electron chi connectivity index (χ0n) is 12.5. The van der Waals surface area contributed by atoms with Gasteiger partial charge in [-0.3, -0.25) is 0 Å². The normalized spacial score (nSPS) is 12.6. The lowest BCUT2D eigenvalue weighted by molar-refractivity contribution is 0.0672. The van der Waals surface area contributed by atoms with E-state index in [4.69, 9.17) is 9.47 Å². The minimum atomic E-state index is 0.653. The van der Waals surface area contributed by atoms with Gasteiger partial charge in [0.15, 0.2) is 0 Å². The van der Waals surface area contributed by atoms with E-state index in [1.807, 2.05) is 7.05 Å². The summed E-state index contributed by atoms with van der Waals surface area (Å²) in [5.41, 5.74) is 1.39. The maximum Gasteiger partial charge on any atom is 0.0700 e. The molecule has 0 spiro atoms. The van der Waals surface area contributed by atoms with E-state index in [-0.39, 0.29) is 0 Å². The molecule has 0 amide bonds. The fourth-order valence-electron chi connectivity index (χ4n) is 2.28. The van der Waals surface area contributed by atoms with Crippen LogP contribution in [-0.4, -0.2) is 40.5 Å². The number of nitrogens with one attached hydrogen (secondary N) is 1. The minimum absolute atomic E-state index is 0.653. The lowest BCUT2D eigenvalue weighted by atomic mass is 9.95. The molecule has 0 aliphatic rings. The summed E-state index contributed by atoms with van der Waals surface area (Å²) in [6.45, 7) is 3.24. The second-order valence-electron chi connectivity index (χ2n) is 5.01. The van der Waals surface area contributed by atoms with Crippen LogP contribution in [0, 0.1) is 5.92 Å². The molecular weight excluding hydrogens is 318 g/mol. The average molecular weight is 344 g/mol. The van der Waals surface area contributed by atoms with Crippen LogP contribution < -0.4 is 5.32 Å². The molecule has 0 aliphatic carbocycles. The standard InChI is InChI=1S/C16H26BrNO2/c1-18-13-15(6-4-8-20-10-9-19-2)11-14-5-3-7-16(17)12-14/h3,5,7,12,15,18H,4,6,8-11,13H2,1-2H3. The number of benzene rings is 1. The molecule has 4 heteroatoms. The Morgan fingerprint density at radius 1 is 1.25 bits per heavy atom. The first kappa shape index (κ1) is 17.6. The maximum absolute atomic E-state index is 5.52. The molecule has 0 bridgehead atoms. The zero-order chi connectivity index (χ0) is 14.6. The molecule has 1 rings (SSSR count). The van der Waals surface area contributed by atoms with E-state index in [0.717, 1.165) is 30.5 Å². The molecule has 0 aromatic heterocycles. The molecule has 1 aromatic carbocycles. The first-order valence-corrected chi connectivity index (χ1v) is 8.01. The lowest BCUT2D eigenvalue weighted by Crippen LogP contribution is -2.21. The van der Waals surface area contributed by atoms with E-state index in [0.29, 0.717) is 19.1 Å². The Kier molecular flexibility index (Phi) is 9.93. The molecule has 0 saturated carbocycles. The highest BCUT2D eigenvalue weighted by molar-refractivity contribution is 9.10. The van der Waals surface area contributed by atoms with Crippen molar-refractivity contribution >= 4 is 15.9 Å². The number of halogens is 1. The largest absolute Gasteiger partial charge is 0.382 e. The monoisotopic (exact) mass is 343 g/mol. The Bertz CT molecular complexity index is 360. The minimum Gasteiger partial charge on any atom is -0.382 e. The summed E-state index contributed by atoms with van der Waals surface area (Å²) in [6.07, 6.45) is 3.39. The van der Waals surface area contributed by atoms with Gasteiger partial charge in [-0.1, -0.05) is 28.1 Å². The Hall–Kier alpha value is -0.420. The van der Waals surface area contributed by atoms with Gasteiger partial charge in [0, 0.05) is 18.2 Å². The molecule has 0 aliphatic heterocycles. The van der Waals surface area contributed by atoms with Crippen molar-refractivity contribution in [2.75, 3.05) is 40.5 Å². The first-order chi connectivity index (χ1) is 9.76. The molecule has 3 nitrogen and oxygen atoms in total. The second-order valence-corrected chi connectivity index (χ2v) is 5.92. The fraction of sp³-hybridized carbons (Fsp3) is 0.625. The summed E-state index contributed by atoms with van der Waals surface area (Å²) >= 11 is 3.53. The lowest BCUT2D eigenvalue weighted by Gasteiger charge is -2.17. The molecule has 0 saturated heterocycles. The first-order valence-electron chi connectivity index (χ1n) is 7.22. The van der Waals surface area contributed by atoms with Crippen LogP contribution in [0.2, 0.25) is 0 Å². The van der Waals surface area contributed by atoms with Crippen molar-refractivity contribution in [2.24, 2.45) is 5.92 Å². The highest BCUT2D eigenvalue weighted by Crippen LogP contribution is 2.17. The Morgan fingerprint density at radius 2 is 2.10 bits per heavy atom. The Balaban J connectivity index is 2.29. The average Bonchev–Trinajstić information content (AvgIpc) is 2.43. The van der Waals surface area contributed by atoms with Crippen LogP contribution in [0.5, 0.6) is 0 Å². The van der Waals surface area contributed by atoms with Crippen molar-refractivity contribution in [1.82, 2.24) is 5.32 Å². The van der Waals surface area contributed by atoms with Gasteiger partial charge in [-0.2, -0.15) is 0 Å². The smallest absolute Gasteiger partial charge is 0.0700 e. The van der Waals surface area contributed by atoms with Crippen LogP contribution in [0.3, 0.4) is 0 Å². The van der Waals surface area contributed by atoms with Crippen molar-refractivity contribution in [3.63, 3.8) is 0 Å². The Labute approximate surface area is 131 Å². The van der Waals surface area contributed by atoms with Gasteiger partial charge in [-0.15, -0.1) is 0 Å². The molecule has 0 radical (unpaired) electrons. The number of rotatable bonds is 11. The SMILES string of the molecule is CNCC(CCCOCCOC)Cc1cccc(Br)c1. The summed E-state index contributed by atoms with van der Waals surface area (Å²) in [6, 6.07) is 8.57. The van der Waals surface area contributed by atoms with Gasteiger partial charge < -0.3 is 14.8 Å². The molecule has 1 N–H and O–H groups in total. The molecule has 20 heavy (non-hydrogen) atoms. The van der Waals surface area contributed by atoms with Gasteiger partial charge in [-0.05, 0) is 56.5 Å². The van der Waals surface area contributed by atoms with Crippen LogP contribution in [0.15, 0.2) is 28.7 Å². The van der Waals surface area contributed by atoms with Crippen LogP contribution in [-0.2, 0) is 15.9 Å². The summed E-state index contributed by atoms with van der Waals surface area (Å²) in [7, 11) is 3.72. The van der Waals surface area contributed by atoms with Gasteiger partial charge in [0.05, 0.1) is 13.2 Å². The number of hydrogen-bond donors (Lipinski definition) is 1. The molecule has 1 atom stereocenters. The third kappa shape index (κ3) is 8.00. The third-order valence-electron chi connectivity index (χ3n) is 3.24. The van der Waals surface area contributed by atoms with Crippen molar-refractivity contribution in [1.29, 1.82) is 0 Å². The van der Waals surface area contributed by atoms with Crippen molar-refractivity contribution in [3.8, 4) is 0 Å². The van der Waals surface area contributed by atoms with E-state index >= 15 is 0 Å². The van der Waals surface area contributed by atoms with E-state index in [9.17, 15) is 0 Å². The van der Waals surface area contributed by atoms with Gasteiger partial charge in [0.1, 0.15) is 0 Å². The molecule has 0 fully saturated rings. The molecular formula is C16H26BrNO2. The van der Waals surface area contributed by atoms with Gasteiger partial charge in [0.2, 0.25) is 0 Å². The predicted octanol–water partition coefficient (Wildman–Crippen LogP) is 3.27. The topological polar surface area (TPSA) is 30.5 Å². The fourth-order valence-corrected chi connectivity index (χ4v) is 2.73. The van der Waals surface area contributed by atoms with Crippen molar-refractivity contribution < 1.29 is 9.47 Å². The third-order valence-corrected chi connectivity index (χ3v) is 3.73. The summed E-state index contributed by atoms with van der Waals surface area (Å²) < 4.78 is 11.6. The number of methoxy groups -OCH3 is 1. The highest BCUT2D eigenvalue weighted by atomic mass is 79.9. The molecule has 1 unspecified atom stereocenters. The van der Waals surface area contributed by atoms with Gasteiger partial charge >= 0.3 is 0 Å². The Morgan fingerprint density at radius 3 is 2.80 bits per heavy atom. The van der Waals surface area contributed by atoms with E-state index in [2.05, 4.69) is 45.5 Å². The van der Waals surface area contributed by atoms with Crippen LogP contribution in [0.25, 0.3) is 0 Å². The molecule has 0 heterocycles. The van der Waals surface area contributed by atoms with Crippen molar-refractivity contribution in [2.45, 2.75) is 19.3 Å². The van der Waals surface area contributed by atoms with Gasteiger partial charge in [-0.25, -0.2) is 0 Å². The summed E-state index contributed by atoms with van der Waals surface area (Å²) in [5.74, 6) is 0.653. The molecule has 1 aromatic rings. The highest BCUT2D eigenvalue weighted by Gasteiger charge is 2.09. The van der Waals surface area contributed by atoms with Crippen LogP contribution in [0.1, 0.15) is 18.4 Å². The van der Waals surface area contributed by atoms with Crippen molar-refractivity contribution in [3.05, 3.63) is 34.3 Å². The quantitative estimate of drug-likeness (QED) is 0.625. The van der Waals surface area contributed by atoms with E-state index in [1.54, 1.807) is 7.11 Å². The maximum atomic E-state index is 5.52. The predicted molar refractivity (Wildman–Crippen MR) is 87.2 cm³/mol. The van der Waals surface area contributed by atoms with E-state index in [1.165, 1.54) is 12.0 Å². The number of ether oxygens (including phenoxy) is 2.